The van der Waals surface area contributed by atoms with Crippen molar-refractivity contribution in [3.05, 3.63) is 0 Å². The number of aliphatic carboxylic acids is 2. The molecular weight excluding hydrogens is 512 g/mol. The van der Waals surface area contributed by atoms with Crippen molar-refractivity contribution in [3.63, 3.8) is 0 Å². The molecule has 1 aliphatic heterocycles. The Labute approximate surface area is 237 Å². The lowest BCUT2D eigenvalue weighted by Gasteiger charge is -2.71. The molecule has 6 rings (SSSR count). The van der Waals surface area contributed by atoms with Crippen LogP contribution in [0.2, 0.25) is 0 Å². The average Bonchev–Trinajstić information content (AvgIpc) is 3.34. The molecule has 226 valence electrons. The molecule has 6 aliphatic rings. The summed E-state index contributed by atoms with van der Waals surface area (Å²) in [4.78, 5) is 24.3. The number of rotatable bonds is 3. The van der Waals surface area contributed by atoms with Gasteiger partial charge in [-0.25, -0.2) is 4.79 Å². The van der Waals surface area contributed by atoms with E-state index in [1.165, 1.54) is 0 Å². The highest BCUT2D eigenvalue weighted by Crippen LogP contribution is 2.76. The van der Waals surface area contributed by atoms with Gasteiger partial charge in [-0.15, -0.1) is 0 Å². The lowest BCUT2D eigenvalue weighted by atomic mass is 9.33. The first-order valence-corrected chi connectivity index (χ1v) is 15.9. The number of hydrogen-bond acceptors (Lipinski definition) is 6. The van der Waals surface area contributed by atoms with E-state index in [-0.39, 0.29) is 34.0 Å². The van der Waals surface area contributed by atoms with E-state index < -0.39 is 47.9 Å². The Morgan fingerprint density at radius 2 is 1.45 bits per heavy atom. The highest BCUT2D eigenvalue weighted by Gasteiger charge is 2.70. The van der Waals surface area contributed by atoms with Crippen molar-refractivity contribution in [2.24, 2.45) is 57.2 Å². The zero-order chi connectivity index (χ0) is 29.0. The molecule has 5 saturated carbocycles. The Bertz CT molecular complexity index is 1050. The van der Waals surface area contributed by atoms with Crippen LogP contribution in [-0.4, -0.2) is 68.0 Å². The Morgan fingerprint density at radius 3 is 2.12 bits per heavy atom. The van der Waals surface area contributed by atoms with Gasteiger partial charge >= 0.3 is 11.9 Å². The monoisotopic (exact) mass is 562 g/mol. The fourth-order valence-corrected chi connectivity index (χ4v) is 12.5. The van der Waals surface area contributed by atoms with Crippen molar-refractivity contribution in [1.82, 2.24) is 0 Å². The highest BCUT2D eigenvalue weighted by molar-refractivity contribution is 5.76. The Morgan fingerprint density at radius 1 is 0.725 bits per heavy atom. The molecule has 5 aliphatic carbocycles. The van der Waals surface area contributed by atoms with Gasteiger partial charge in [0.2, 0.25) is 0 Å². The summed E-state index contributed by atoms with van der Waals surface area (Å²) in [6, 6.07) is 0. The quantitative estimate of drug-likeness (QED) is 0.346. The molecule has 5 N–H and O–H groups in total. The van der Waals surface area contributed by atoms with E-state index >= 15 is 0 Å². The van der Waals surface area contributed by atoms with Gasteiger partial charge in [0.1, 0.15) is 18.3 Å². The SMILES string of the molecule is CC1C(C2OC(C(=O)O)C(O)C(O)C2O)CCC2(C)C1CCC1(C)C2CCC2C3CCCC3(C(=O)O)CC[C@]21C. The van der Waals surface area contributed by atoms with Crippen LogP contribution in [0.4, 0.5) is 0 Å². The summed E-state index contributed by atoms with van der Waals surface area (Å²) >= 11 is 0. The predicted molar refractivity (Wildman–Crippen MR) is 146 cm³/mol. The van der Waals surface area contributed by atoms with Crippen LogP contribution in [0.3, 0.4) is 0 Å². The van der Waals surface area contributed by atoms with Crippen molar-refractivity contribution in [3.8, 4) is 0 Å². The van der Waals surface area contributed by atoms with Gasteiger partial charge in [-0.1, -0.05) is 34.1 Å². The van der Waals surface area contributed by atoms with Crippen LogP contribution < -0.4 is 0 Å². The van der Waals surface area contributed by atoms with E-state index in [1.807, 2.05) is 0 Å². The molecule has 0 aromatic carbocycles. The molecule has 0 aromatic heterocycles. The maximum atomic E-state index is 12.6. The first-order valence-electron chi connectivity index (χ1n) is 15.9. The summed E-state index contributed by atoms with van der Waals surface area (Å²) in [5.41, 5.74) is -0.169. The third-order valence-corrected chi connectivity index (χ3v) is 14.8. The van der Waals surface area contributed by atoms with Gasteiger partial charge < -0.3 is 30.3 Å². The minimum atomic E-state index is -1.66. The number of hydrogen-bond donors (Lipinski definition) is 5. The van der Waals surface area contributed by atoms with E-state index in [2.05, 4.69) is 27.7 Å². The lowest BCUT2D eigenvalue weighted by Crippen LogP contribution is -2.66. The van der Waals surface area contributed by atoms with Gasteiger partial charge in [-0.05, 0) is 116 Å². The minimum absolute atomic E-state index is 0.0951. The first-order chi connectivity index (χ1) is 18.7. The Balaban J connectivity index is 1.27. The molecule has 8 heteroatoms. The van der Waals surface area contributed by atoms with Crippen LogP contribution in [0.1, 0.15) is 98.3 Å². The smallest absolute Gasteiger partial charge is 0.335 e. The highest BCUT2D eigenvalue weighted by atomic mass is 16.6. The summed E-state index contributed by atoms with van der Waals surface area (Å²) < 4.78 is 5.84. The van der Waals surface area contributed by atoms with Gasteiger partial charge in [0.05, 0.1) is 11.5 Å². The molecule has 15 atom stereocenters. The van der Waals surface area contributed by atoms with Crippen molar-refractivity contribution in [2.75, 3.05) is 0 Å². The van der Waals surface area contributed by atoms with Crippen LogP contribution in [-0.2, 0) is 14.3 Å². The van der Waals surface area contributed by atoms with E-state index in [1.54, 1.807) is 0 Å². The van der Waals surface area contributed by atoms with E-state index in [0.29, 0.717) is 17.8 Å². The zero-order valence-electron chi connectivity index (χ0n) is 24.6. The maximum absolute atomic E-state index is 12.6. The van der Waals surface area contributed by atoms with Gasteiger partial charge in [0.25, 0.3) is 0 Å². The molecule has 0 aromatic rings. The van der Waals surface area contributed by atoms with Crippen LogP contribution in [0.5, 0.6) is 0 Å². The summed E-state index contributed by atoms with van der Waals surface area (Å²) in [6.45, 7) is 9.70. The van der Waals surface area contributed by atoms with Gasteiger partial charge in [-0.2, -0.15) is 0 Å². The number of aliphatic hydroxyl groups excluding tert-OH is 3. The zero-order valence-corrected chi connectivity index (χ0v) is 24.6. The lowest BCUT2D eigenvalue weighted by molar-refractivity contribution is -0.260. The molecule has 1 heterocycles. The minimum Gasteiger partial charge on any atom is -0.481 e. The molecule has 1 saturated heterocycles. The molecule has 0 radical (unpaired) electrons. The molecular formula is C32H50O8. The van der Waals surface area contributed by atoms with Crippen molar-refractivity contribution in [2.45, 2.75) is 129 Å². The largest absolute Gasteiger partial charge is 0.481 e. The van der Waals surface area contributed by atoms with E-state index in [9.17, 15) is 35.1 Å². The second kappa shape index (κ2) is 9.39. The molecule has 40 heavy (non-hydrogen) atoms. The van der Waals surface area contributed by atoms with E-state index in [0.717, 1.165) is 70.6 Å². The third-order valence-electron chi connectivity index (χ3n) is 14.8. The fourth-order valence-electron chi connectivity index (χ4n) is 12.5. The number of aliphatic hydroxyl groups is 3. The van der Waals surface area contributed by atoms with Crippen LogP contribution >= 0.6 is 0 Å². The Kier molecular flexibility index (Phi) is 6.78. The number of carboxylic acid groups (broad SMARTS) is 2. The topological polar surface area (TPSA) is 145 Å². The standard InChI is InChI=1S/C32H50O8/c1-16-17(25-23(34)22(33)24(35)26(40-25)27(36)37)9-12-29(2)18(16)10-13-31(4)21(29)8-7-19-20-6-5-11-32(20,28(38)39)15-14-30(19,31)3/h16-26,33-35H,5-15H2,1-4H3,(H,36,37)(H,38,39)/t16?,17?,18?,19?,20?,21?,22?,23?,24?,25?,26?,29?,30-,31?,32?/m1/s1. The van der Waals surface area contributed by atoms with Crippen molar-refractivity contribution < 1.29 is 39.9 Å². The van der Waals surface area contributed by atoms with E-state index in [4.69, 9.17) is 4.74 Å². The van der Waals surface area contributed by atoms with Crippen LogP contribution in [0.25, 0.3) is 0 Å². The number of carboxylic acids is 2. The molecule has 0 spiro atoms. The average molecular weight is 563 g/mol. The summed E-state index contributed by atoms with van der Waals surface area (Å²) in [7, 11) is 0. The van der Waals surface area contributed by atoms with Crippen molar-refractivity contribution >= 4 is 11.9 Å². The summed E-state index contributed by atoms with van der Waals surface area (Å²) in [5, 5.41) is 51.5. The molecule has 14 unspecified atom stereocenters. The number of fused-ring (bicyclic) bond motifs is 7. The summed E-state index contributed by atoms with van der Waals surface area (Å²) in [5.74, 6) is -0.153. The molecule has 0 bridgehead atoms. The summed E-state index contributed by atoms with van der Waals surface area (Å²) in [6.07, 6.45) is 3.92. The molecule has 8 nitrogen and oxygen atoms in total. The maximum Gasteiger partial charge on any atom is 0.335 e. The fraction of sp³-hybridized carbons (Fsp3) is 0.938. The van der Waals surface area contributed by atoms with Crippen LogP contribution in [0.15, 0.2) is 0 Å². The first kappa shape index (κ1) is 28.9. The van der Waals surface area contributed by atoms with Gasteiger partial charge in [0.15, 0.2) is 6.10 Å². The number of carbonyl (C=O) groups is 2. The second-order valence-electron chi connectivity index (χ2n) is 15.6. The normalized spacial score (nSPS) is 57.7. The molecule has 0 amide bonds. The third kappa shape index (κ3) is 3.57. The van der Waals surface area contributed by atoms with Crippen molar-refractivity contribution in [1.29, 1.82) is 0 Å². The molecule has 6 fully saturated rings. The van der Waals surface area contributed by atoms with Crippen LogP contribution in [0, 0.1) is 57.2 Å². The second-order valence-corrected chi connectivity index (χ2v) is 15.6. The van der Waals surface area contributed by atoms with Gasteiger partial charge in [-0.3, -0.25) is 4.79 Å². The predicted octanol–water partition coefficient (Wildman–Crippen LogP) is 4.09. The Hall–Kier alpha value is -1.22. The number of ether oxygens (including phenoxy) is 1. The van der Waals surface area contributed by atoms with Gasteiger partial charge in [0, 0.05) is 0 Å².